The van der Waals surface area contributed by atoms with Gasteiger partial charge in [-0.05, 0) is 66.6 Å². The number of esters is 1. The predicted octanol–water partition coefficient (Wildman–Crippen LogP) is 4.39. The molecule has 3 saturated carbocycles. The lowest BCUT2D eigenvalue weighted by molar-refractivity contribution is -0.230. The third-order valence-electron chi connectivity index (χ3n) is 6.04. The highest BCUT2D eigenvalue weighted by Gasteiger charge is 2.71. The Bertz CT molecular complexity index is 636. The third-order valence-corrected chi connectivity index (χ3v) is 6.04. The van der Waals surface area contributed by atoms with Gasteiger partial charge in [-0.15, -0.1) is 0 Å². The van der Waals surface area contributed by atoms with E-state index in [-0.39, 0.29) is 11.4 Å². The molecule has 5 rings (SSSR count). The van der Waals surface area contributed by atoms with Crippen LogP contribution in [0.15, 0.2) is 30.3 Å². The summed E-state index contributed by atoms with van der Waals surface area (Å²) in [6.45, 7) is 2.37. The molecule has 0 unspecified atom stereocenters. The van der Waals surface area contributed by atoms with Crippen LogP contribution >= 0.6 is 0 Å². The van der Waals surface area contributed by atoms with Gasteiger partial charge in [0.15, 0.2) is 0 Å². The van der Waals surface area contributed by atoms with Crippen LogP contribution < -0.4 is 0 Å². The van der Waals surface area contributed by atoms with E-state index in [4.69, 9.17) is 4.74 Å². The fourth-order valence-corrected chi connectivity index (χ4v) is 5.38. The molecular formula is C20H24O2. The summed E-state index contributed by atoms with van der Waals surface area (Å²) in [5.41, 5.74) is 4.81. The zero-order valence-corrected chi connectivity index (χ0v) is 13.5. The fourth-order valence-electron chi connectivity index (χ4n) is 5.38. The molecule has 1 aromatic carbocycles. The molecule has 0 N–H and O–H groups in total. The summed E-state index contributed by atoms with van der Waals surface area (Å²) in [6.07, 6.45) is 9.11. The van der Waals surface area contributed by atoms with Crippen molar-refractivity contribution in [2.45, 2.75) is 45.4 Å². The van der Waals surface area contributed by atoms with Crippen LogP contribution in [0, 0.1) is 16.7 Å². The molecule has 2 bridgehead atoms. The molecule has 1 aromatic rings. The molecular weight excluding hydrogens is 272 g/mol. The Morgan fingerprint density at radius 2 is 2.00 bits per heavy atom. The maximum absolute atomic E-state index is 11.8. The van der Waals surface area contributed by atoms with Gasteiger partial charge >= 0.3 is 5.97 Å². The van der Waals surface area contributed by atoms with Crippen molar-refractivity contribution < 1.29 is 9.53 Å². The number of fused-ring (bicyclic) bond motifs is 1. The van der Waals surface area contributed by atoms with E-state index in [2.05, 4.69) is 37.3 Å². The number of ether oxygens (including phenoxy) is 1. The quantitative estimate of drug-likeness (QED) is 0.753. The van der Waals surface area contributed by atoms with E-state index in [1.165, 1.54) is 36.7 Å². The number of benzene rings is 1. The standard InChI is InChI=1S/C20H24O2/c1-14(9-16-8-7-15-5-3-4-6-17(15)16)10-19-11-20(12-19,13-19)18(21)22-2/h3-6,8,14H,7,9-13H2,1-2H3/t14-,19?,20?/m0/s1. The predicted molar refractivity (Wildman–Crippen MR) is 87.3 cm³/mol. The van der Waals surface area contributed by atoms with Crippen LogP contribution in [-0.4, -0.2) is 13.1 Å². The summed E-state index contributed by atoms with van der Waals surface area (Å²) >= 11 is 0. The first-order chi connectivity index (χ1) is 10.6. The molecule has 0 amide bonds. The van der Waals surface area contributed by atoms with Crippen LogP contribution in [0.1, 0.15) is 50.2 Å². The number of hydrogen-bond acceptors (Lipinski definition) is 2. The first-order valence-corrected chi connectivity index (χ1v) is 8.42. The van der Waals surface area contributed by atoms with Crippen molar-refractivity contribution in [2.24, 2.45) is 16.7 Å². The first-order valence-electron chi connectivity index (χ1n) is 8.42. The second-order valence-corrected chi connectivity index (χ2v) is 7.91. The third kappa shape index (κ3) is 1.96. The first kappa shape index (κ1) is 14.0. The fraction of sp³-hybridized carbons (Fsp3) is 0.550. The number of allylic oxidation sites excluding steroid dienone is 2. The minimum absolute atomic E-state index is 0.0226. The van der Waals surface area contributed by atoms with Crippen molar-refractivity contribution in [3.8, 4) is 0 Å². The summed E-state index contributed by atoms with van der Waals surface area (Å²) in [5.74, 6) is 0.711. The Kier molecular flexibility index (Phi) is 3.01. The Morgan fingerprint density at radius 3 is 2.73 bits per heavy atom. The van der Waals surface area contributed by atoms with Gasteiger partial charge < -0.3 is 4.74 Å². The summed E-state index contributed by atoms with van der Waals surface area (Å²) in [4.78, 5) is 11.8. The van der Waals surface area contributed by atoms with Gasteiger partial charge in [-0.3, -0.25) is 4.79 Å². The number of rotatable bonds is 5. The van der Waals surface area contributed by atoms with Gasteiger partial charge in [0.2, 0.25) is 0 Å². The van der Waals surface area contributed by atoms with Gasteiger partial charge in [0.05, 0.1) is 12.5 Å². The summed E-state index contributed by atoms with van der Waals surface area (Å²) in [5, 5.41) is 0. The van der Waals surface area contributed by atoms with Gasteiger partial charge in [-0.2, -0.15) is 0 Å². The van der Waals surface area contributed by atoms with E-state index in [0.717, 1.165) is 25.7 Å². The second kappa shape index (κ2) is 4.71. The van der Waals surface area contributed by atoms with Crippen molar-refractivity contribution in [2.75, 3.05) is 7.11 Å². The normalized spacial score (nSPS) is 32.4. The Hall–Kier alpha value is -1.57. The van der Waals surface area contributed by atoms with Crippen LogP contribution in [0.5, 0.6) is 0 Å². The van der Waals surface area contributed by atoms with Crippen LogP contribution in [0.3, 0.4) is 0 Å². The van der Waals surface area contributed by atoms with Crippen molar-refractivity contribution in [3.63, 3.8) is 0 Å². The van der Waals surface area contributed by atoms with E-state index < -0.39 is 0 Å². The largest absolute Gasteiger partial charge is 0.469 e. The molecule has 0 heterocycles. The highest BCUT2D eigenvalue weighted by Crippen LogP contribution is 2.75. The molecule has 2 nitrogen and oxygen atoms in total. The molecule has 22 heavy (non-hydrogen) atoms. The molecule has 2 heteroatoms. The highest BCUT2D eigenvalue weighted by atomic mass is 16.5. The average molecular weight is 296 g/mol. The molecule has 4 aliphatic carbocycles. The topological polar surface area (TPSA) is 26.3 Å². The maximum atomic E-state index is 11.8. The van der Waals surface area contributed by atoms with Crippen LogP contribution in [0.2, 0.25) is 0 Å². The molecule has 116 valence electrons. The summed E-state index contributed by atoms with van der Waals surface area (Å²) in [6, 6.07) is 8.77. The molecule has 0 radical (unpaired) electrons. The number of carbonyl (C=O) groups excluding carboxylic acids is 1. The van der Waals surface area contributed by atoms with Gasteiger partial charge in [0.1, 0.15) is 0 Å². The molecule has 1 atom stereocenters. The second-order valence-electron chi connectivity index (χ2n) is 7.91. The van der Waals surface area contributed by atoms with Crippen molar-refractivity contribution in [1.82, 2.24) is 0 Å². The number of methoxy groups -OCH3 is 1. The van der Waals surface area contributed by atoms with E-state index >= 15 is 0 Å². The van der Waals surface area contributed by atoms with Crippen LogP contribution in [0.4, 0.5) is 0 Å². The Balaban J connectivity index is 1.34. The van der Waals surface area contributed by atoms with Crippen molar-refractivity contribution in [3.05, 3.63) is 41.5 Å². The molecule has 4 aliphatic rings. The minimum atomic E-state index is -0.0896. The average Bonchev–Trinajstić information content (AvgIpc) is 2.84. The smallest absolute Gasteiger partial charge is 0.311 e. The molecule has 0 spiro atoms. The van der Waals surface area contributed by atoms with Crippen LogP contribution in [-0.2, 0) is 16.0 Å². The Labute approximate surface area is 132 Å². The summed E-state index contributed by atoms with van der Waals surface area (Å²) < 4.78 is 4.94. The van der Waals surface area contributed by atoms with Crippen molar-refractivity contribution >= 4 is 11.5 Å². The maximum Gasteiger partial charge on any atom is 0.311 e. The van der Waals surface area contributed by atoms with E-state index in [9.17, 15) is 4.79 Å². The SMILES string of the molecule is COC(=O)C12CC(C[C@@H](C)CC3=CCc4ccccc43)(C1)C2. The number of hydrogen-bond donors (Lipinski definition) is 0. The highest BCUT2D eigenvalue weighted by molar-refractivity contribution is 5.81. The zero-order valence-electron chi connectivity index (χ0n) is 13.5. The molecule has 0 aromatic heterocycles. The lowest BCUT2D eigenvalue weighted by Gasteiger charge is -2.69. The van der Waals surface area contributed by atoms with E-state index in [1.54, 1.807) is 0 Å². The monoisotopic (exact) mass is 296 g/mol. The van der Waals surface area contributed by atoms with Gasteiger partial charge in [0, 0.05) is 0 Å². The molecule has 3 fully saturated rings. The lowest BCUT2D eigenvalue weighted by atomic mass is 9.33. The number of carbonyl (C=O) groups is 1. The van der Waals surface area contributed by atoms with Gasteiger partial charge in [-0.25, -0.2) is 0 Å². The molecule has 0 saturated heterocycles. The van der Waals surface area contributed by atoms with Crippen molar-refractivity contribution in [1.29, 1.82) is 0 Å². The van der Waals surface area contributed by atoms with E-state index in [0.29, 0.717) is 11.3 Å². The summed E-state index contributed by atoms with van der Waals surface area (Å²) in [7, 11) is 1.52. The van der Waals surface area contributed by atoms with E-state index in [1.807, 2.05) is 0 Å². The zero-order chi connectivity index (χ0) is 15.4. The minimum Gasteiger partial charge on any atom is -0.469 e. The lowest BCUT2D eigenvalue weighted by Crippen LogP contribution is -2.65. The van der Waals surface area contributed by atoms with Gasteiger partial charge in [0.25, 0.3) is 0 Å². The van der Waals surface area contributed by atoms with Gasteiger partial charge in [-0.1, -0.05) is 37.3 Å². The molecule has 0 aliphatic heterocycles. The Morgan fingerprint density at radius 1 is 1.27 bits per heavy atom. The van der Waals surface area contributed by atoms with Crippen LogP contribution in [0.25, 0.3) is 5.57 Å².